The summed E-state index contributed by atoms with van der Waals surface area (Å²) in [5, 5.41) is 2.70. The number of benzene rings is 4. The minimum Gasteiger partial charge on any atom is -0.467 e. The van der Waals surface area contributed by atoms with Crippen LogP contribution in [0.4, 0.5) is 4.79 Å². The quantitative estimate of drug-likeness (QED) is 0.113. The lowest BCUT2D eigenvalue weighted by Gasteiger charge is -2.47. The molecule has 10 heteroatoms. The zero-order chi connectivity index (χ0) is 37.5. The van der Waals surface area contributed by atoms with Gasteiger partial charge in [-0.2, -0.15) is 0 Å². The van der Waals surface area contributed by atoms with Crippen molar-refractivity contribution in [2.75, 3.05) is 13.7 Å². The van der Waals surface area contributed by atoms with Crippen molar-refractivity contribution in [2.45, 2.75) is 95.8 Å². The molecule has 0 spiro atoms. The first kappa shape index (κ1) is 39.6. The number of hydrogen-bond acceptors (Lipinski definition) is 9. The molecule has 1 fully saturated rings. The number of alkyl carbamates (subject to hydrolysis) is 1. The molecule has 0 unspecified atom stereocenters. The van der Waals surface area contributed by atoms with Gasteiger partial charge in [0.25, 0.3) is 0 Å². The molecule has 6 atom stereocenters. The third-order valence-corrected chi connectivity index (χ3v) is 8.62. The standard InChI is InChI=1S/C43H51NO9/c1-43(2,3)53-42(46)44-35(41(45)47-4)25-36-38(49-27-32-19-11-6-12-20-32)40(51-29-34-23-15-8-16-24-34)39(50-28-33-21-13-7-14-22-33)37(52-36)30-48-26-31-17-9-5-10-18-31/h5-24,35-40H,25-30H2,1-4H3,(H,44,46)/t35-,36-,37+,38-,39+,40+/m0/s1. The third kappa shape index (κ3) is 12.8. The smallest absolute Gasteiger partial charge is 0.408 e. The van der Waals surface area contributed by atoms with Crippen LogP contribution in [0.15, 0.2) is 121 Å². The van der Waals surface area contributed by atoms with Crippen LogP contribution in [0.1, 0.15) is 49.4 Å². The molecule has 0 saturated carbocycles. The Balaban J connectivity index is 1.50. The minimum absolute atomic E-state index is 0.00282. The molecule has 10 nitrogen and oxygen atoms in total. The molecule has 282 valence electrons. The number of ether oxygens (including phenoxy) is 7. The predicted molar refractivity (Wildman–Crippen MR) is 200 cm³/mol. The number of amides is 1. The number of carbonyl (C=O) groups is 2. The Morgan fingerprint density at radius 1 is 0.623 bits per heavy atom. The molecule has 53 heavy (non-hydrogen) atoms. The Labute approximate surface area is 312 Å². The van der Waals surface area contributed by atoms with E-state index in [1.54, 1.807) is 20.8 Å². The summed E-state index contributed by atoms with van der Waals surface area (Å²) in [4.78, 5) is 26.2. The molecule has 1 amide bonds. The molecule has 0 aromatic heterocycles. The van der Waals surface area contributed by atoms with E-state index in [4.69, 9.17) is 33.2 Å². The van der Waals surface area contributed by atoms with Crippen LogP contribution < -0.4 is 5.32 Å². The summed E-state index contributed by atoms with van der Waals surface area (Å²) >= 11 is 0. The van der Waals surface area contributed by atoms with Gasteiger partial charge >= 0.3 is 12.1 Å². The zero-order valence-corrected chi connectivity index (χ0v) is 30.9. The number of carbonyl (C=O) groups excluding carboxylic acids is 2. The van der Waals surface area contributed by atoms with Crippen molar-refractivity contribution in [3.8, 4) is 0 Å². The maximum absolute atomic E-state index is 13.2. The van der Waals surface area contributed by atoms with Crippen molar-refractivity contribution in [1.29, 1.82) is 0 Å². The normalized spacial score (nSPS) is 20.6. The molecule has 1 heterocycles. The zero-order valence-electron chi connectivity index (χ0n) is 30.9. The van der Waals surface area contributed by atoms with Crippen molar-refractivity contribution in [3.05, 3.63) is 144 Å². The lowest BCUT2D eigenvalue weighted by atomic mass is 9.90. The molecule has 4 aromatic rings. The second-order valence-corrected chi connectivity index (χ2v) is 14.0. The summed E-state index contributed by atoms with van der Waals surface area (Å²) in [6.07, 6.45) is -4.28. The SMILES string of the molecule is COC(=O)[C@H](C[C@@H]1O[C@H](COCc2ccccc2)[C@@H](OCc2ccccc2)[C@H](OCc2ccccc2)[C@H]1OCc1ccccc1)NC(=O)OC(C)(C)C. The van der Waals surface area contributed by atoms with E-state index in [0.29, 0.717) is 6.61 Å². The van der Waals surface area contributed by atoms with E-state index in [1.165, 1.54) is 7.11 Å². The van der Waals surface area contributed by atoms with E-state index in [1.807, 2.05) is 121 Å². The highest BCUT2D eigenvalue weighted by Gasteiger charge is 2.49. The molecule has 5 rings (SSSR count). The van der Waals surface area contributed by atoms with Gasteiger partial charge in [-0.25, -0.2) is 9.59 Å². The van der Waals surface area contributed by atoms with Crippen LogP contribution in [0.3, 0.4) is 0 Å². The second kappa shape index (κ2) is 20.0. The summed E-state index contributed by atoms with van der Waals surface area (Å²) < 4.78 is 44.0. The van der Waals surface area contributed by atoms with Crippen LogP contribution in [-0.4, -0.2) is 67.9 Å². The average Bonchev–Trinajstić information content (AvgIpc) is 3.16. The molecular weight excluding hydrogens is 674 g/mol. The van der Waals surface area contributed by atoms with Gasteiger partial charge in [0.2, 0.25) is 0 Å². The van der Waals surface area contributed by atoms with Gasteiger partial charge in [0, 0.05) is 6.42 Å². The molecule has 0 bridgehead atoms. The van der Waals surface area contributed by atoms with Crippen molar-refractivity contribution in [2.24, 2.45) is 0 Å². The number of methoxy groups -OCH3 is 1. The maximum atomic E-state index is 13.2. The molecule has 1 aliphatic rings. The first-order valence-corrected chi connectivity index (χ1v) is 18.0. The summed E-state index contributed by atoms with van der Waals surface area (Å²) in [7, 11) is 1.27. The van der Waals surface area contributed by atoms with E-state index in [2.05, 4.69) is 5.32 Å². The first-order chi connectivity index (χ1) is 25.7. The first-order valence-electron chi connectivity index (χ1n) is 18.0. The van der Waals surface area contributed by atoms with E-state index in [0.717, 1.165) is 22.3 Å². The van der Waals surface area contributed by atoms with Gasteiger partial charge in [0.05, 0.1) is 46.2 Å². The lowest BCUT2D eigenvalue weighted by molar-refractivity contribution is -0.274. The summed E-state index contributed by atoms with van der Waals surface area (Å²) in [6.45, 7) is 6.55. The Hall–Kier alpha value is -4.58. The van der Waals surface area contributed by atoms with Gasteiger partial charge in [0.15, 0.2) is 0 Å². The molecule has 4 aromatic carbocycles. The Morgan fingerprint density at radius 2 is 1.04 bits per heavy atom. The second-order valence-electron chi connectivity index (χ2n) is 14.0. The average molecular weight is 726 g/mol. The molecular formula is C43H51NO9. The fraction of sp³-hybridized carbons (Fsp3) is 0.395. The van der Waals surface area contributed by atoms with Crippen molar-refractivity contribution in [1.82, 2.24) is 5.32 Å². The molecule has 1 saturated heterocycles. The fourth-order valence-corrected chi connectivity index (χ4v) is 6.11. The van der Waals surface area contributed by atoms with Crippen LogP contribution >= 0.6 is 0 Å². The predicted octanol–water partition coefficient (Wildman–Crippen LogP) is 7.18. The topological polar surface area (TPSA) is 111 Å². The number of hydrogen-bond donors (Lipinski definition) is 1. The van der Waals surface area contributed by atoms with Gasteiger partial charge in [-0.1, -0.05) is 121 Å². The Bertz CT molecular complexity index is 1650. The molecule has 0 aliphatic carbocycles. The van der Waals surface area contributed by atoms with Crippen molar-refractivity contribution >= 4 is 12.1 Å². The van der Waals surface area contributed by atoms with Crippen molar-refractivity contribution in [3.63, 3.8) is 0 Å². The highest BCUT2D eigenvalue weighted by molar-refractivity contribution is 5.81. The van der Waals surface area contributed by atoms with Crippen LogP contribution in [0.5, 0.6) is 0 Å². The van der Waals surface area contributed by atoms with Crippen LogP contribution in [-0.2, 0) is 64.4 Å². The number of rotatable bonds is 17. The molecule has 1 N–H and O–H groups in total. The van der Waals surface area contributed by atoms with Gasteiger partial charge < -0.3 is 38.5 Å². The Kier molecular flexibility index (Phi) is 15.0. The fourth-order valence-electron chi connectivity index (χ4n) is 6.11. The van der Waals surface area contributed by atoms with E-state index in [9.17, 15) is 9.59 Å². The minimum atomic E-state index is -1.12. The van der Waals surface area contributed by atoms with Gasteiger partial charge in [-0.05, 0) is 43.0 Å². The van der Waals surface area contributed by atoms with E-state index < -0.39 is 54.2 Å². The van der Waals surface area contributed by atoms with Crippen molar-refractivity contribution < 1.29 is 42.7 Å². The summed E-state index contributed by atoms with van der Waals surface area (Å²) in [5.41, 5.74) is 3.12. The highest BCUT2D eigenvalue weighted by atomic mass is 16.6. The lowest BCUT2D eigenvalue weighted by Crippen LogP contribution is -2.62. The third-order valence-electron chi connectivity index (χ3n) is 8.62. The maximum Gasteiger partial charge on any atom is 0.408 e. The van der Waals surface area contributed by atoms with E-state index >= 15 is 0 Å². The number of esters is 1. The summed E-state index contributed by atoms with van der Waals surface area (Å²) in [5.74, 6) is -0.651. The number of nitrogens with one attached hydrogen (secondary N) is 1. The van der Waals surface area contributed by atoms with E-state index in [-0.39, 0.29) is 32.8 Å². The van der Waals surface area contributed by atoms with Gasteiger partial charge in [-0.3, -0.25) is 0 Å². The highest BCUT2D eigenvalue weighted by Crippen LogP contribution is 2.33. The monoisotopic (exact) mass is 725 g/mol. The van der Waals surface area contributed by atoms with Gasteiger partial charge in [0.1, 0.15) is 36.1 Å². The van der Waals surface area contributed by atoms with Crippen LogP contribution in [0.25, 0.3) is 0 Å². The molecule has 0 radical (unpaired) electrons. The largest absolute Gasteiger partial charge is 0.467 e. The van der Waals surface area contributed by atoms with Gasteiger partial charge in [-0.15, -0.1) is 0 Å². The van der Waals surface area contributed by atoms with Crippen LogP contribution in [0.2, 0.25) is 0 Å². The Morgan fingerprint density at radius 3 is 1.47 bits per heavy atom. The summed E-state index contributed by atoms with van der Waals surface area (Å²) in [6, 6.07) is 38.3. The van der Waals surface area contributed by atoms with Crippen LogP contribution in [0, 0.1) is 0 Å². The molecule has 1 aliphatic heterocycles.